The van der Waals surface area contributed by atoms with Crippen molar-refractivity contribution >= 4 is 17.7 Å². The highest BCUT2D eigenvalue weighted by molar-refractivity contribution is 6.23. The lowest BCUT2D eigenvalue weighted by Crippen LogP contribution is -2.44. The van der Waals surface area contributed by atoms with Crippen LogP contribution in [0, 0.1) is 0 Å². The standard InChI is InChI=1S/C18H14N2O3/c21-16-15(10-14(19-16)11-6-2-1-3-7-11)20-17(22)12-8-4-5-9-13(12)18(20)23/h1-9,14-15H,10H2,(H,19,21)/t14-,15-/m0/s1. The number of hydrogen-bond donors (Lipinski definition) is 1. The summed E-state index contributed by atoms with van der Waals surface area (Å²) in [5, 5.41) is 2.88. The van der Waals surface area contributed by atoms with Gasteiger partial charge < -0.3 is 5.32 Å². The molecule has 2 aliphatic rings. The maximum atomic E-state index is 12.5. The molecule has 0 unspecified atom stereocenters. The Morgan fingerprint density at radius 3 is 2.00 bits per heavy atom. The van der Waals surface area contributed by atoms with E-state index < -0.39 is 6.04 Å². The molecule has 2 heterocycles. The Balaban J connectivity index is 1.64. The van der Waals surface area contributed by atoms with Crippen LogP contribution in [-0.4, -0.2) is 28.7 Å². The van der Waals surface area contributed by atoms with Crippen molar-refractivity contribution < 1.29 is 14.4 Å². The lowest BCUT2D eigenvalue weighted by atomic mass is 10.0. The summed E-state index contributed by atoms with van der Waals surface area (Å²) in [4.78, 5) is 38.4. The van der Waals surface area contributed by atoms with Crippen LogP contribution in [-0.2, 0) is 4.79 Å². The summed E-state index contributed by atoms with van der Waals surface area (Å²) in [6.07, 6.45) is 0.397. The Morgan fingerprint density at radius 1 is 0.826 bits per heavy atom. The van der Waals surface area contributed by atoms with E-state index in [1.165, 1.54) is 0 Å². The molecule has 5 nitrogen and oxygen atoms in total. The molecule has 1 saturated heterocycles. The highest BCUT2D eigenvalue weighted by Crippen LogP contribution is 2.32. The van der Waals surface area contributed by atoms with Crippen LogP contribution in [0.5, 0.6) is 0 Å². The average Bonchev–Trinajstić information content (AvgIpc) is 3.08. The second kappa shape index (κ2) is 5.05. The van der Waals surface area contributed by atoms with Crippen molar-refractivity contribution in [3.8, 4) is 0 Å². The van der Waals surface area contributed by atoms with Gasteiger partial charge in [0, 0.05) is 6.42 Å². The van der Waals surface area contributed by atoms with Crippen LogP contribution in [0.3, 0.4) is 0 Å². The lowest BCUT2D eigenvalue weighted by molar-refractivity contribution is -0.122. The minimum Gasteiger partial charge on any atom is -0.347 e. The largest absolute Gasteiger partial charge is 0.347 e. The van der Waals surface area contributed by atoms with Gasteiger partial charge in [0.2, 0.25) is 5.91 Å². The summed E-state index contributed by atoms with van der Waals surface area (Å²) in [5.74, 6) is -1.06. The molecule has 0 radical (unpaired) electrons. The number of hydrogen-bond acceptors (Lipinski definition) is 3. The third-order valence-corrected chi connectivity index (χ3v) is 4.42. The van der Waals surface area contributed by atoms with Crippen LogP contribution in [0.25, 0.3) is 0 Å². The molecule has 3 amide bonds. The summed E-state index contributed by atoms with van der Waals surface area (Å²) in [7, 11) is 0. The number of amides is 3. The van der Waals surface area contributed by atoms with Crippen molar-refractivity contribution in [1.82, 2.24) is 10.2 Å². The first-order chi connectivity index (χ1) is 11.2. The van der Waals surface area contributed by atoms with Gasteiger partial charge in [0.1, 0.15) is 6.04 Å². The van der Waals surface area contributed by atoms with Crippen LogP contribution in [0.4, 0.5) is 0 Å². The first-order valence-electron chi connectivity index (χ1n) is 7.49. The molecule has 1 N–H and O–H groups in total. The first-order valence-corrected chi connectivity index (χ1v) is 7.49. The number of rotatable bonds is 2. The number of carbonyl (C=O) groups is 3. The van der Waals surface area contributed by atoms with Gasteiger partial charge in [-0.15, -0.1) is 0 Å². The summed E-state index contributed by atoms with van der Waals surface area (Å²) >= 11 is 0. The normalized spacial score (nSPS) is 23.1. The predicted octanol–water partition coefficient (Wildman–Crippen LogP) is 1.91. The van der Waals surface area contributed by atoms with Crippen molar-refractivity contribution in [2.24, 2.45) is 0 Å². The summed E-state index contributed by atoms with van der Waals surface area (Å²) in [5.41, 5.74) is 1.71. The molecule has 2 atom stereocenters. The molecule has 0 aliphatic carbocycles. The highest BCUT2D eigenvalue weighted by Gasteiger charge is 2.46. The fraction of sp³-hybridized carbons (Fsp3) is 0.167. The van der Waals surface area contributed by atoms with E-state index in [0.717, 1.165) is 10.5 Å². The minimum absolute atomic E-state index is 0.182. The van der Waals surface area contributed by atoms with E-state index in [4.69, 9.17) is 0 Å². The molecule has 1 fully saturated rings. The van der Waals surface area contributed by atoms with Gasteiger partial charge in [-0.3, -0.25) is 19.3 Å². The van der Waals surface area contributed by atoms with Crippen LogP contribution >= 0.6 is 0 Å². The fourth-order valence-corrected chi connectivity index (χ4v) is 3.28. The molecule has 5 heteroatoms. The average molecular weight is 306 g/mol. The van der Waals surface area contributed by atoms with E-state index >= 15 is 0 Å². The third kappa shape index (κ3) is 2.04. The van der Waals surface area contributed by atoms with E-state index in [1.54, 1.807) is 24.3 Å². The second-order valence-electron chi connectivity index (χ2n) is 5.75. The molecule has 0 spiro atoms. The molecule has 2 aromatic carbocycles. The molecule has 2 aromatic rings. The van der Waals surface area contributed by atoms with Crippen molar-refractivity contribution in [2.75, 3.05) is 0 Å². The number of carbonyl (C=O) groups excluding carboxylic acids is 3. The lowest BCUT2D eigenvalue weighted by Gasteiger charge is -2.19. The molecular weight excluding hydrogens is 292 g/mol. The van der Waals surface area contributed by atoms with Gasteiger partial charge in [-0.2, -0.15) is 0 Å². The number of nitrogens with zero attached hydrogens (tertiary/aromatic N) is 1. The van der Waals surface area contributed by atoms with Crippen LogP contribution in [0.1, 0.15) is 38.7 Å². The van der Waals surface area contributed by atoms with E-state index in [2.05, 4.69) is 5.32 Å². The van der Waals surface area contributed by atoms with Gasteiger partial charge in [0.05, 0.1) is 17.2 Å². The van der Waals surface area contributed by atoms with Crippen molar-refractivity contribution in [2.45, 2.75) is 18.5 Å². The maximum absolute atomic E-state index is 12.5. The third-order valence-electron chi connectivity index (χ3n) is 4.42. The van der Waals surface area contributed by atoms with Gasteiger partial charge in [0.15, 0.2) is 0 Å². The Bertz CT molecular complexity index is 781. The monoisotopic (exact) mass is 306 g/mol. The Kier molecular flexibility index (Phi) is 3.01. The van der Waals surface area contributed by atoms with Crippen molar-refractivity contribution in [3.63, 3.8) is 0 Å². The second-order valence-corrected chi connectivity index (χ2v) is 5.75. The Labute approximate surface area is 132 Å². The molecule has 0 aromatic heterocycles. The smallest absolute Gasteiger partial charge is 0.262 e. The molecular formula is C18H14N2O3. The first kappa shape index (κ1) is 13.7. The van der Waals surface area contributed by atoms with Gasteiger partial charge in [-0.25, -0.2) is 0 Å². The van der Waals surface area contributed by atoms with Crippen LogP contribution in [0.2, 0.25) is 0 Å². The molecule has 2 aliphatic heterocycles. The molecule has 114 valence electrons. The quantitative estimate of drug-likeness (QED) is 0.862. The predicted molar refractivity (Wildman–Crippen MR) is 82.7 cm³/mol. The number of imide groups is 1. The van der Waals surface area contributed by atoms with E-state index in [-0.39, 0.29) is 23.8 Å². The number of fused-ring (bicyclic) bond motifs is 1. The van der Waals surface area contributed by atoms with Gasteiger partial charge in [-0.1, -0.05) is 42.5 Å². The van der Waals surface area contributed by atoms with E-state index in [9.17, 15) is 14.4 Å². The van der Waals surface area contributed by atoms with Gasteiger partial charge in [-0.05, 0) is 17.7 Å². The maximum Gasteiger partial charge on any atom is 0.262 e. The zero-order valence-electron chi connectivity index (χ0n) is 12.2. The van der Waals surface area contributed by atoms with E-state index in [1.807, 2.05) is 30.3 Å². The Morgan fingerprint density at radius 2 is 1.39 bits per heavy atom. The fourth-order valence-electron chi connectivity index (χ4n) is 3.28. The van der Waals surface area contributed by atoms with E-state index in [0.29, 0.717) is 17.5 Å². The molecule has 0 saturated carbocycles. The number of benzene rings is 2. The van der Waals surface area contributed by atoms with Crippen LogP contribution < -0.4 is 5.32 Å². The van der Waals surface area contributed by atoms with Gasteiger partial charge in [0.25, 0.3) is 11.8 Å². The molecule has 0 bridgehead atoms. The zero-order chi connectivity index (χ0) is 16.0. The minimum atomic E-state index is -0.757. The summed E-state index contributed by atoms with van der Waals surface area (Å²) in [6, 6.07) is 15.3. The SMILES string of the molecule is O=C1N[C@H](c2ccccc2)C[C@@H]1N1C(=O)c2ccccc2C1=O. The Hall–Kier alpha value is -2.95. The summed E-state index contributed by atoms with van der Waals surface area (Å²) < 4.78 is 0. The van der Waals surface area contributed by atoms with Gasteiger partial charge >= 0.3 is 0 Å². The molecule has 4 rings (SSSR count). The number of nitrogens with one attached hydrogen (secondary N) is 1. The van der Waals surface area contributed by atoms with Crippen LogP contribution in [0.15, 0.2) is 54.6 Å². The van der Waals surface area contributed by atoms with Crippen molar-refractivity contribution in [3.05, 3.63) is 71.3 Å². The zero-order valence-corrected chi connectivity index (χ0v) is 12.2. The van der Waals surface area contributed by atoms with Crippen molar-refractivity contribution in [1.29, 1.82) is 0 Å². The molecule has 23 heavy (non-hydrogen) atoms. The topological polar surface area (TPSA) is 66.5 Å². The highest BCUT2D eigenvalue weighted by atomic mass is 16.2. The summed E-state index contributed by atoms with van der Waals surface area (Å²) in [6.45, 7) is 0.